The van der Waals surface area contributed by atoms with E-state index in [0.29, 0.717) is 31.5 Å². The zero-order chi connectivity index (χ0) is 15.2. The predicted molar refractivity (Wildman–Crippen MR) is 78.2 cm³/mol. The Morgan fingerprint density at radius 1 is 1.43 bits per heavy atom. The Morgan fingerprint density at radius 2 is 2.24 bits per heavy atom. The summed E-state index contributed by atoms with van der Waals surface area (Å²) in [6, 6.07) is 7.05. The van der Waals surface area contributed by atoms with Crippen molar-refractivity contribution in [1.82, 2.24) is 4.90 Å². The monoisotopic (exact) mass is 286 g/mol. The average Bonchev–Trinajstić information content (AvgIpc) is 2.97. The number of likely N-dealkylation sites (tertiary alicyclic amines) is 1. The largest absolute Gasteiger partial charge is 0.395 e. The first-order valence-electron chi connectivity index (χ1n) is 6.90. The van der Waals surface area contributed by atoms with Crippen molar-refractivity contribution in [1.29, 1.82) is 0 Å². The lowest BCUT2D eigenvalue weighted by atomic mass is 10.1. The first-order chi connectivity index (χ1) is 10.1. The van der Waals surface area contributed by atoms with Crippen molar-refractivity contribution in [3.8, 4) is 11.8 Å². The molecule has 1 aliphatic heterocycles. The van der Waals surface area contributed by atoms with Gasteiger partial charge in [-0.15, -0.1) is 0 Å². The van der Waals surface area contributed by atoms with Crippen LogP contribution in [0, 0.1) is 17.8 Å². The molecule has 5 heteroatoms. The molecule has 3 N–H and O–H groups in total. The molecule has 1 fully saturated rings. The van der Waals surface area contributed by atoms with Crippen LogP contribution in [-0.4, -0.2) is 41.5 Å². The molecule has 0 spiro atoms. The Bertz CT molecular complexity index is 601. The van der Waals surface area contributed by atoms with Gasteiger partial charge in [0.05, 0.1) is 12.5 Å². The molecule has 2 rings (SSSR count). The highest BCUT2D eigenvalue weighted by atomic mass is 16.2. The van der Waals surface area contributed by atoms with E-state index in [4.69, 9.17) is 10.8 Å². The third kappa shape index (κ3) is 3.83. The Labute approximate surface area is 123 Å². The summed E-state index contributed by atoms with van der Waals surface area (Å²) in [6.07, 6.45) is 1.03. The number of carbonyl (C=O) groups is 2. The number of amides is 2. The van der Waals surface area contributed by atoms with Gasteiger partial charge in [0.1, 0.15) is 0 Å². The molecule has 1 aromatic rings. The van der Waals surface area contributed by atoms with Crippen LogP contribution in [0.3, 0.4) is 0 Å². The number of nitrogens with zero attached hydrogens (tertiary/aromatic N) is 1. The van der Waals surface area contributed by atoms with E-state index in [1.165, 1.54) is 0 Å². The number of primary amides is 1. The normalized spacial score (nSPS) is 17.2. The highest BCUT2D eigenvalue weighted by Gasteiger charge is 2.30. The second-order valence-corrected chi connectivity index (χ2v) is 5.00. The van der Waals surface area contributed by atoms with Gasteiger partial charge in [0.25, 0.3) is 5.91 Å². The number of hydrogen-bond donors (Lipinski definition) is 2. The van der Waals surface area contributed by atoms with Gasteiger partial charge in [-0.3, -0.25) is 9.59 Å². The standard InChI is InChI=1S/C16H18N2O3/c17-15(20)14-7-8-18(11-14)16(21)13-6-3-5-12(10-13)4-1-2-9-19/h3,5-6,10,14,19H,2,7-9,11H2,(H2,17,20). The predicted octanol–water partition coefficient (Wildman–Crippen LogP) is 0.368. The van der Waals surface area contributed by atoms with Gasteiger partial charge in [0.15, 0.2) is 0 Å². The van der Waals surface area contributed by atoms with Gasteiger partial charge in [0, 0.05) is 30.6 Å². The minimum atomic E-state index is -0.353. The highest BCUT2D eigenvalue weighted by molar-refractivity contribution is 5.95. The minimum absolute atomic E-state index is 0.0217. The lowest BCUT2D eigenvalue weighted by molar-refractivity contribution is -0.121. The summed E-state index contributed by atoms with van der Waals surface area (Å²) in [4.78, 5) is 25.2. The molecular weight excluding hydrogens is 268 g/mol. The molecule has 0 radical (unpaired) electrons. The third-order valence-electron chi connectivity index (χ3n) is 3.46. The van der Waals surface area contributed by atoms with Gasteiger partial charge >= 0.3 is 0 Å². The van der Waals surface area contributed by atoms with E-state index >= 15 is 0 Å². The zero-order valence-corrected chi connectivity index (χ0v) is 11.7. The number of nitrogens with two attached hydrogens (primary N) is 1. The molecule has 21 heavy (non-hydrogen) atoms. The van der Waals surface area contributed by atoms with Crippen molar-refractivity contribution in [3.63, 3.8) is 0 Å². The second kappa shape index (κ2) is 6.91. The average molecular weight is 286 g/mol. The Hall–Kier alpha value is -2.32. The Morgan fingerprint density at radius 3 is 2.90 bits per heavy atom. The highest BCUT2D eigenvalue weighted by Crippen LogP contribution is 2.18. The first kappa shape index (κ1) is 15.1. The van der Waals surface area contributed by atoms with Crippen molar-refractivity contribution in [2.45, 2.75) is 12.8 Å². The molecule has 2 amide bonds. The smallest absolute Gasteiger partial charge is 0.253 e. The molecule has 1 atom stereocenters. The Balaban J connectivity index is 2.08. The maximum atomic E-state index is 12.4. The maximum Gasteiger partial charge on any atom is 0.253 e. The van der Waals surface area contributed by atoms with Crippen molar-refractivity contribution in [2.24, 2.45) is 11.7 Å². The van der Waals surface area contributed by atoms with Crippen LogP contribution in [0.1, 0.15) is 28.8 Å². The minimum Gasteiger partial charge on any atom is -0.395 e. The van der Waals surface area contributed by atoms with Crippen LogP contribution in [0.4, 0.5) is 0 Å². The van der Waals surface area contributed by atoms with Crippen molar-refractivity contribution in [3.05, 3.63) is 35.4 Å². The molecule has 1 aliphatic rings. The van der Waals surface area contributed by atoms with Crippen LogP contribution in [0.2, 0.25) is 0 Å². The van der Waals surface area contributed by atoms with Crippen LogP contribution in [0.15, 0.2) is 24.3 Å². The zero-order valence-electron chi connectivity index (χ0n) is 11.7. The molecule has 110 valence electrons. The lowest BCUT2D eigenvalue weighted by Gasteiger charge is -2.16. The molecule has 1 saturated heterocycles. The first-order valence-corrected chi connectivity index (χ1v) is 6.90. The molecule has 0 saturated carbocycles. The summed E-state index contributed by atoms with van der Waals surface area (Å²) in [5.74, 6) is 5.02. The van der Waals surface area contributed by atoms with Gasteiger partial charge < -0.3 is 15.7 Å². The molecule has 1 unspecified atom stereocenters. The van der Waals surface area contributed by atoms with E-state index in [9.17, 15) is 9.59 Å². The summed E-state index contributed by atoms with van der Waals surface area (Å²) in [7, 11) is 0. The summed E-state index contributed by atoms with van der Waals surface area (Å²) in [5, 5.41) is 8.70. The number of carbonyl (C=O) groups excluding carboxylic acids is 2. The van der Waals surface area contributed by atoms with E-state index in [-0.39, 0.29) is 24.3 Å². The van der Waals surface area contributed by atoms with E-state index in [0.717, 1.165) is 5.56 Å². The van der Waals surface area contributed by atoms with Gasteiger partial charge in [-0.25, -0.2) is 0 Å². The number of hydrogen-bond acceptors (Lipinski definition) is 3. The van der Waals surface area contributed by atoms with Crippen molar-refractivity contribution >= 4 is 11.8 Å². The van der Waals surface area contributed by atoms with Crippen molar-refractivity contribution in [2.75, 3.05) is 19.7 Å². The topological polar surface area (TPSA) is 83.6 Å². The van der Waals surface area contributed by atoms with E-state index < -0.39 is 0 Å². The number of aliphatic hydroxyl groups is 1. The van der Waals surface area contributed by atoms with E-state index in [1.807, 2.05) is 6.07 Å². The van der Waals surface area contributed by atoms with E-state index in [2.05, 4.69) is 11.8 Å². The molecule has 0 aliphatic carbocycles. The summed E-state index contributed by atoms with van der Waals surface area (Å²) in [5.41, 5.74) is 6.56. The van der Waals surface area contributed by atoms with Crippen LogP contribution in [-0.2, 0) is 4.79 Å². The van der Waals surface area contributed by atoms with E-state index in [1.54, 1.807) is 23.1 Å². The quantitative estimate of drug-likeness (QED) is 0.787. The number of aliphatic hydroxyl groups excluding tert-OH is 1. The molecule has 5 nitrogen and oxygen atoms in total. The number of rotatable bonds is 3. The fourth-order valence-corrected chi connectivity index (χ4v) is 2.31. The SMILES string of the molecule is NC(=O)C1CCN(C(=O)c2cccc(C#CCCO)c2)C1. The second-order valence-electron chi connectivity index (χ2n) is 5.00. The van der Waals surface area contributed by atoms with Crippen LogP contribution in [0.25, 0.3) is 0 Å². The maximum absolute atomic E-state index is 12.4. The van der Waals surface area contributed by atoms with Gasteiger partial charge in [-0.05, 0) is 24.6 Å². The van der Waals surface area contributed by atoms with Crippen LogP contribution < -0.4 is 5.73 Å². The fraction of sp³-hybridized carbons (Fsp3) is 0.375. The molecule has 0 bridgehead atoms. The summed E-state index contributed by atoms with van der Waals surface area (Å²) >= 11 is 0. The summed E-state index contributed by atoms with van der Waals surface area (Å²) < 4.78 is 0. The van der Waals surface area contributed by atoms with Crippen LogP contribution >= 0.6 is 0 Å². The summed E-state index contributed by atoms with van der Waals surface area (Å²) in [6.45, 7) is 0.954. The molecular formula is C16H18N2O3. The molecule has 0 aromatic heterocycles. The van der Waals surface area contributed by atoms with Gasteiger partial charge in [-0.2, -0.15) is 0 Å². The molecule has 1 heterocycles. The van der Waals surface area contributed by atoms with Gasteiger partial charge in [-0.1, -0.05) is 17.9 Å². The van der Waals surface area contributed by atoms with Crippen molar-refractivity contribution < 1.29 is 14.7 Å². The molecule has 1 aromatic carbocycles. The lowest BCUT2D eigenvalue weighted by Crippen LogP contribution is -2.31. The fourth-order valence-electron chi connectivity index (χ4n) is 2.31. The number of benzene rings is 1. The van der Waals surface area contributed by atoms with Crippen LogP contribution in [0.5, 0.6) is 0 Å². The van der Waals surface area contributed by atoms with Gasteiger partial charge in [0.2, 0.25) is 5.91 Å². The third-order valence-corrected chi connectivity index (χ3v) is 3.46. The Kier molecular flexibility index (Phi) is 4.96.